The summed E-state index contributed by atoms with van der Waals surface area (Å²) in [5, 5.41) is 0. The van der Waals surface area contributed by atoms with E-state index >= 15 is 0 Å². The molecule has 1 atom stereocenters. The van der Waals surface area contributed by atoms with Crippen molar-refractivity contribution in [1.29, 1.82) is 0 Å². The van der Waals surface area contributed by atoms with Gasteiger partial charge in [0.05, 0.1) is 0 Å². The molecule has 0 aliphatic heterocycles. The number of hydrogen-bond acceptors (Lipinski definition) is 4. The maximum absolute atomic E-state index is 6.13. The molecule has 1 aliphatic rings. The van der Waals surface area contributed by atoms with Crippen molar-refractivity contribution in [2.45, 2.75) is 30.7 Å². The summed E-state index contributed by atoms with van der Waals surface area (Å²) < 4.78 is 3.40. The summed E-state index contributed by atoms with van der Waals surface area (Å²) >= 11 is 1.68. The predicted octanol–water partition coefficient (Wildman–Crippen LogP) is 3.29. The Morgan fingerprint density at radius 2 is 2.19 bits per heavy atom. The second-order valence-electron chi connectivity index (χ2n) is 6.08. The van der Waals surface area contributed by atoms with Gasteiger partial charge in [0, 0.05) is 24.0 Å². The maximum Gasteiger partial charge on any atom is 0.0272 e. The summed E-state index contributed by atoms with van der Waals surface area (Å²) in [7, 11) is 4.17. The molecular formula is C17H27N3S. The summed E-state index contributed by atoms with van der Waals surface area (Å²) in [5.41, 5.74) is 8.62. The average molecular weight is 305 g/mol. The zero-order chi connectivity index (χ0) is 15.2. The first-order chi connectivity index (χ1) is 10.1. The van der Waals surface area contributed by atoms with Gasteiger partial charge in [0.2, 0.25) is 0 Å². The van der Waals surface area contributed by atoms with Gasteiger partial charge in [-0.2, -0.15) is 0 Å². The first kappa shape index (κ1) is 16.6. The smallest absolute Gasteiger partial charge is 0.0272 e. The molecular weight excluding hydrogens is 278 g/mol. The molecule has 0 saturated heterocycles. The summed E-state index contributed by atoms with van der Waals surface area (Å²) in [6.07, 6.45) is 7.25. The van der Waals surface area contributed by atoms with E-state index in [4.69, 9.17) is 5.73 Å². The van der Waals surface area contributed by atoms with E-state index < -0.39 is 0 Å². The van der Waals surface area contributed by atoms with E-state index in [1.165, 1.54) is 28.9 Å². The third-order valence-corrected chi connectivity index (χ3v) is 4.41. The molecule has 0 bridgehead atoms. The Balaban J connectivity index is 1.97. The molecule has 21 heavy (non-hydrogen) atoms. The normalized spacial score (nSPS) is 16.8. The molecule has 0 aromatic heterocycles. The van der Waals surface area contributed by atoms with Gasteiger partial charge in [0.1, 0.15) is 0 Å². The van der Waals surface area contributed by atoms with Crippen LogP contribution in [0.1, 0.15) is 36.9 Å². The van der Waals surface area contributed by atoms with Crippen molar-refractivity contribution >= 4 is 18.0 Å². The van der Waals surface area contributed by atoms with Crippen LogP contribution in [0.2, 0.25) is 0 Å². The van der Waals surface area contributed by atoms with E-state index in [1.807, 2.05) is 0 Å². The predicted molar refractivity (Wildman–Crippen MR) is 93.2 cm³/mol. The van der Waals surface area contributed by atoms with Crippen LogP contribution in [0.3, 0.4) is 0 Å². The highest BCUT2D eigenvalue weighted by Gasteiger charge is 2.17. The van der Waals surface area contributed by atoms with Crippen molar-refractivity contribution in [1.82, 2.24) is 9.62 Å². The molecule has 3 nitrogen and oxygen atoms in total. The molecule has 2 rings (SSSR count). The van der Waals surface area contributed by atoms with Crippen molar-refractivity contribution in [3.05, 3.63) is 35.4 Å². The largest absolute Gasteiger partial charge is 0.324 e. The van der Waals surface area contributed by atoms with Crippen LogP contribution in [0.15, 0.2) is 29.2 Å². The van der Waals surface area contributed by atoms with Gasteiger partial charge in [-0.1, -0.05) is 18.2 Å². The van der Waals surface area contributed by atoms with Crippen molar-refractivity contribution in [3.8, 4) is 0 Å². The number of nitrogens with zero attached hydrogens (tertiary/aromatic N) is 1. The minimum absolute atomic E-state index is 0.0613. The fourth-order valence-electron chi connectivity index (χ4n) is 2.09. The molecule has 4 heteroatoms. The molecule has 0 amide bonds. The number of hydrogen-bond donors (Lipinski definition) is 2. The summed E-state index contributed by atoms with van der Waals surface area (Å²) in [6.45, 7) is 4.06. The van der Waals surface area contributed by atoms with Crippen LogP contribution in [-0.4, -0.2) is 32.1 Å². The number of allylic oxidation sites excluding steroid dienone is 1. The number of nitrogens with one attached hydrogen (secondary N) is 1. The lowest BCUT2D eigenvalue weighted by molar-refractivity contribution is 0.415. The second-order valence-corrected chi connectivity index (χ2v) is 7.04. The molecule has 1 aromatic carbocycles. The Morgan fingerprint density at radius 1 is 1.43 bits per heavy atom. The molecule has 1 saturated carbocycles. The summed E-state index contributed by atoms with van der Waals surface area (Å²) in [6, 6.07) is 6.63. The Labute approximate surface area is 133 Å². The Morgan fingerprint density at radius 3 is 2.81 bits per heavy atom. The van der Waals surface area contributed by atoms with Crippen LogP contribution >= 0.6 is 11.9 Å². The van der Waals surface area contributed by atoms with Gasteiger partial charge in [0.25, 0.3) is 0 Å². The van der Waals surface area contributed by atoms with Gasteiger partial charge in [0.15, 0.2) is 0 Å². The molecule has 1 aliphatic carbocycles. The van der Waals surface area contributed by atoms with Crippen LogP contribution in [0.4, 0.5) is 0 Å². The van der Waals surface area contributed by atoms with Crippen LogP contribution in [-0.2, 0) is 0 Å². The minimum Gasteiger partial charge on any atom is -0.324 e. The zero-order valence-electron chi connectivity index (χ0n) is 13.3. The molecule has 0 unspecified atom stereocenters. The fraction of sp³-hybridized carbons (Fsp3) is 0.529. The molecule has 0 radical (unpaired) electrons. The molecule has 0 heterocycles. The topological polar surface area (TPSA) is 41.3 Å². The zero-order valence-corrected chi connectivity index (χ0v) is 14.1. The van der Waals surface area contributed by atoms with Crippen LogP contribution in [0.5, 0.6) is 0 Å². The van der Waals surface area contributed by atoms with Crippen molar-refractivity contribution < 1.29 is 0 Å². The molecule has 116 valence electrons. The number of likely N-dealkylation sites (N-methyl/N-ethyl adjacent to an activating group) is 1. The molecule has 1 fully saturated rings. The van der Waals surface area contributed by atoms with E-state index in [-0.39, 0.29) is 6.04 Å². The monoisotopic (exact) mass is 305 g/mol. The summed E-state index contributed by atoms with van der Waals surface area (Å²) in [4.78, 5) is 3.40. The number of nitrogens with two attached hydrogens (primary N) is 1. The highest BCUT2D eigenvalue weighted by Crippen LogP contribution is 2.32. The van der Waals surface area contributed by atoms with Crippen molar-refractivity contribution in [2.75, 3.05) is 27.2 Å². The highest BCUT2D eigenvalue weighted by atomic mass is 32.2. The van der Waals surface area contributed by atoms with Gasteiger partial charge in [-0.05, 0) is 75.0 Å². The Bertz CT molecular complexity index is 479. The second kappa shape index (κ2) is 7.99. The van der Waals surface area contributed by atoms with Crippen LogP contribution in [0.25, 0.3) is 6.08 Å². The fourth-order valence-corrected chi connectivity index (χ4v) is 2.78. The lowest BCUT2D eigenvalue weighted by Gasteiger charge is -2.13. The quantitative estimate of drug-likeness (QED) is 0.571. The first-order valence-corrected chi connectivity index (χ1v) is 8.50. The third kappa shape index (κ3) is 5.83. The van der Waals surface area contributed by atoms with Gasteiger partial charge in [-0.15, -0.1) is 0 Å². The lowest BCUT2D eigenvalue weighted by Crippen LogP contribution is -2.22. The first-order valence-electron chi connectivity index (χ1n) is 7.68. The third-order valence-electron chi connectivity index (χ3n) is 3.57. The van der Waals surface area contributed by atoms with Crippen LogP contribution in [0, 0.1) is 5.92 Å². The van der Waals surface area contributed by atoms with E-state index in [1.54, 1.807) is 11.9 Å². The average Bonchev–Trinajstić information content (AvgIpc) is 3.25. The van der Waals surface area contributed by atoms with Gasteiger partial charge < -0.3 is 10.6 Å². The minimum atomic E-state index is 0.0613. The van der Waals surface area contributed by atoms with Gasteiger partial charge in [-0.3, -0.25) is 4.72 Å². The lowest BCUT2D eigenvalue weighted by atomic mass is 10.0. The van der Waals surface area contributed by atoms with E-state index in [9.17, 15) is 0 Å². The maximum atomic E-state index is 6.13. The Kier molecular flexibility index (Phi) is 6.30. The molecule has 3 N–H and O–H groups in total. The molecule has 1 aromatic rings. The van der Waals surface area contributed by atoms with Crippen LogP contribution < -0.4 is 10.5 Å². The number of benzene rings is 1. The molecule has 0 spiro atoms. The number of rotatable bonds is 8. The van der Waals surface area contributed by atoms with Gasteiger partial charge >= 0.3 is 0 Å². The van der Waals surface area contributed by atoms with Gasteiger partial charge in [-0.25, -0.2) is 0 Å². The Hall–Kier alpha value is -0.810. The summed E-state index contributed by atoms with van der Waals surface area (Å²) in [5.74, 6) is 0.799. The van der Waals surface area contributed by atoms with Crippen molar-refractivity contribution in [2.24, 2.45) is 11.7 Å². The SMILES string of the molecule is C[C@@H](N)c1cc(SNCCN(C)C)ccc1/C=C/C1CC1. The van der Waals surface area contributed by atoms with E-state index in [2.05, 4.69) is 61.0 Å². The van der Waals surface area contributed by atoms with E-state index in [0.717, 1.165) is 19.0 Å². The van der Waals surface area contributed by atoms with E-state index in [0.29, 0.717) is 0 Å². The van der Waals surface area contributed by atoms with Crippen molar-refractivity contribution in [3.63, 3.8) is 0 Å². The standard InChI is InChI=1S/C17H27N3S/c1-13(18)17-12-16(21-19-10-11-20(2)3)9-8-15(17)7-6-14-4-5-14/h6-9,12-14,19H,4-5,10-11,18H2,1-3H3/b7-6+/t13-/m1/s1. The highest BCUT2D eigenvalue weighted by molar-refractivity contribution is 7.97.